The molecule has 0 saturated carbocycles. The molecule has 1 aliphatic carbocycles. The van der Waals surface area contributed by atoms with Gasteiger partial charge in [0.2, 0.25) is 11.9 Å². The van der Waals surface area contributed by atoms with E-state index >= 15 is 0 Å². The minimum atomic E-state index is -0.139. The smallest absolute Gasteiger partial charge is 0.255 e. The van der Waals surface area contributed by atoms with Crippen molar-refractivity contribution < 1.29 is 0 Å². The highest BCUT2D eigenvalue weighted by Gasteiger charge is 2.45. The molecule has 3 aromatic rings. The molecule has 0 bridgehead atoms. The number of H-pyrrole nitrogens is 1. The first-order valence-corrected chi connectivity index (χ1v) is 9.97. The van der Waals surface area contributed by atoms with Crippen LogP contribution in [0.25, 0.3) is 5.69 Å². The largest absolute Gasteiger partial charge is 0.348 e. The number of nitrogens with zero attached hydrogens (tertiary/aromatic N) is 7. The second-order valence-electron chi connectivity index (χ2n) is 8.14. The van der Waals surface area contributed by atoms with Crippen LogP contribution in [0.1, 0.15) is 30.5 Å². The number of hydrogen-bond donors (Lipinski definition) is 1. The number of para-hydroxylation sites is 1. The summed E-state index contributed by atoms with van der Waals surface area (Å²) in [6, 6.07) is 9.92. The van der Waals surface area contributed by atoms with Crippen molar-refractivity contribution >= 4 is 11.9 Å². The van der Waals surface area contributed by atoms with Crippen LogP contribution in [0.3, 0.4) is 0 Å². The van der Waals surface area contributed by atoms with E-state index in [0.29, 0.717) is 5.95 Å². The number of rotatable bonds is 3. The summed E-state index contributed by atoms with van der Waals surface area (Å²) in [6.45, 7) is 1.64. The Labute approximate surface area is 168 Å². The van der Waals surface area contributed by atoms with E-state index in [0.717, 1.165) is 61.7 Å². The number of aromatic amines is 1. The second-order valence-corrected chi connectivity index (χ2v) is 8.14. The second kappa shape index (κ2) is 6.68. The van der Waals surface area contributed by atoms with Crippen molar-refractivity contribution in [3.05, 3.63) is 51.9 Å². The van der Waals surface area contributed by atoms with Gasteiger partial charge in [0, 0.05) is 38.2 Å². The van der Waals surface area contributed by atoms with E-state index in [9.17, 15) is 4.79 Å². The van der Waals surface area contributed by atoms with E-state index < -0.39 is 0 Å². The number of anilines is 2. The molecule has 2 aliphatic rings. The van der Waals surface area contributed by atoms with Crippen LogP contribution in [0, 0.1) is 0 Å². The zero-order valence-electron chi connectivity index (χ0n) is 16.7. The average Bonchev–Trinajstić information content (AvgIpc) is 3.35. The molecule has 3 heterocycles. The van der Waals surface area contributed by atoms with E-state index in [1.807, 2.05) is 49.3 Å². The van der Waals surface area contributed by atoms with Gasteiger partial charge in [0.05, 0.1) is 11.4 Å². The summed E-state index contributed by atoms with van der Waals surface area (Å²) in [6.07, 6.45) is 3.72. The molecule has 1 unspecified atom stereocenters. The Morgan fingerprint density at radius 3 is 2.79 bits per heavy atom. The third kappa shape index (κ3) is 2.88. The monoisotopic (exact) mass is 392 g/mol. The van der Waals surface area contributed by atoms with Crippen LogP contribution in [0.2, 0.25) is 0 Å². The Bertz CT molecular complexity index is 1090. The first kappa shape index (κ1) is 17.8. The zero-order chi connectivity index (χ0) is 20.0. The van der Waals surface area contributed by atoms with Crippen molar-refractivity contribution in [1.29, 1.82) is 0 Å². The Balaban J connectivity index is 1.53. The van der Waals surface area contributed by atoms with Gasteiger partial charge in [-0.05, 0) is 48.2 Å². The maximum Gasteiger partial charge on any atom is 0.255 e. The number of fused-ring (bicyclic) bond motifs is 2. The molecule has 9 heteroatoms. The topological polar surface area (TPSA) is 95.8 Å². The molecule has 1 N–H and O–H groups in total. The molecule has 29 heavy (non-hydrogen) atoms. The molecule has 0 amide bonds. The summed E-state index contributed by atoms with van der Waals surface area (Å²) >= 11 is 0. The van der Waals surface area contributed by atoms with Crippen LogP contribution in [0.5, 0.6) is 0 Å². The minimum Gasteiger partial charge on any atom is -0.348 e. The number of nitrogens with one attached hydrogen (secondary N) is 1. The SMILES string of the molecule is CN(C)c1nc2c(c(=O)[nH]1)CCC21CCCN(c2nnnn2-c2ccccc2)C1. The molecule has 9 nitrogen and oxygen atoms in total. The van der Waals surface area contributed by atoms with Crippen LogP contribution in [0.4, 0.5) is 11.9 Å². The first-order chi connectivity index (χ1) is 14.1. The predicted octanol–water partition coefficient (Wildman–Crippen LogP) is 1.30. The Morgan fingerprint density at radius 2 is 2.00 bits per heavy atom. The molecule has 2 aromatic heterocycles. The van der Waals surface area contributed by atoms with Gasteiger partial charge in [0.1, 0.15) is 0 Å². The maximum absolute atomic E-state index is 12.6. The molecule has 0 radical (unpaired) electrons. The summed E-state index contributed by atoms with van der Waals surface area (Å²) in [5.41, 5.74) is 2.57. The molecule has 1 saturated heterocycles. The molecule has 1 fully saturated rings. The van der Waals surface area contributed by atoms with Crippen LogP contribution in [-0.2, 0) is 11.8 Å². The molecule has 1 atom stereocenters. The third-order valence-corrected chi connectivity index (χ3v) is 6.10. The quantitative estimate of drug-likeness (QED) is 0.718. The van der Waals surface area contributed by atoms with Gasteiger partial charge in [-0.2, -0.15) is 4.68 Å². The van der Waals surface area contributed by atoms with Crippen molar-refractivity contribution in [2.45, 2.75) is 31.1 Å². The highest BCUT2D eigenvalue weighted by molar-refractivity contribution is 5.45. The summed E-state index contributed by atoms with van der Waals surface area (Å²) in [5, 5.41) is 12.5. The van der Waals surface area contributed by atoms with Gasteiger partial charge in [0.25, 0.3) is 5.56 Å². The fourth-order valence-corrected chi connectivity index (χ4v) is 4.67. The molecule has 1 spiro atoms. The molecular weight excluding hydrogens is 368 g/mol. The third-order valence-electron chi connectivity index (χ3n) is 6.10. The van der Waals surface area contributed by atoms with Gasteiger partial charge < -0.3 is 9.80 Å². The zero-order valence-corrected chi connectivity index (χ0v) is 16.7. The van der Waals surface area contributed by atoms with E-state index in [1.54, 1.807) is 4.68 Å². The molecule has 5 rings (SSSR count). The Morgan fingerprint density at radius 1 is 1.17 bits per heavy atom. The van der Waals surface area contributed by atoms with Crippen molar-refractivity contribution in [2.75, 3.05) is 37.0 Å². The minimum absolute atomic E-state index is 0.0122. The lowest BCUT2D eigenvalue weighted by molar-refractivity contribution is 0.331. The lowest BCUT2D eigenvalue weighted by Crippen LogP contribution is -2.46. The van der Waals surface area contributed by atoms with Crippen molar-refractivity contribution in [3.8, 4) is 5.69 Å². The van der Waals surface area contributed by atoms with Gasteiger partial charge in [-0.3, -0.25) is 9.78 Å². The number of tetrazole rings is 1. The maximum atomic E-state index is 12.6. The number of benzene rings is 1. The fourth-order valence-electron chi connectivity index (χ4n) is 4.67. The van der Waals surface area contributed by atoms with E-state index in [1.165, 1.54) is 0 Å². The van der Waals surface area contributed by atoms with Crippen molar-refractivity contribution in [3.63, 3.8) is 0 Å². The standard InChI is InChI=1S/C20H24N8O/c1-26(2)18-21-16-15(17(29)22-18)9-11-20(16)10-6-12-27(13-20)19-23-24-25-28(19)14-7-4-3-5-8-14/h3-5,7-8H,6,9-13H2,1-2H3,(H,21,22,29). The van der Waals surface area contributed by atoms with Crippen molar-refractivity contribution in [2.24, 2.45) is 0 Å². The van der Waals surface area contributed by atoms with Gasteiger partial charge in [0.15, 0.2) is 0 Å². The molecule has 1 aliphatic heterocycles. The highest BCUT2D eigenvalue weighted by Crippen LogP contribution is 2.44. The number of piperidine rings is 1. The normalized spacial score (nSPS) is 20.8. The lowest BCUT2D eigenvalue weighted by Gasteiger charge is -2.40. The lowest BCUT2D eigenvalue weighted by atomic mass is 9.77. The molecular formula is C20H24N8O. The molecule has 1 aromatic carbocycles. The van der Waals surface area contributed by atoms with Crippen LogP contribution in [-0.4, -0.2) is 57.4 Å². The van der Waals surface area contributed by atoms with Gasteiger partial charge in [-0.15, -0.1) is 0 Å². The average molecular weight is 392 g/mol. The van der Waals surface area contributed by atoms with Gasteiger partial charge >= 0.3 is 0 Å². The van der Waals surface area contributed by atoms with Gasteiger partial charge in [-0.1, -0.05) is 23.3 Å². The summed E-state index contributed by atoms with van der Waals surface area (Å²) in [4.78, 5) is 24.5. The summed E-state index contributed by atoms with van der Waals surface area (Å²) in [5.74, 6) is 1.35. The fraction of sp³-hybridized carbons (Fsp3) is 0.450. The number of hydrogen-bond acceptors (Lipinski definition) is 7. The Hall–Kier alpha value is -3.23. The first-order valence-electron chi connectivity index (χ1n) is 9.97. The highest BCUT2D eigenvalue weighted by atomic mass is 16.1. The van der Waals surface area contributed by atoms with Crippen LogP contribution in [0.15, 0.2) is 35.1 Å². The van der Waals surface area contributed by atoms with E-state index in [-0.39, 0.29) is 11.0 Å². The predicted molar refractivity (Wildman–Crippen MR) is 110 cm³/mol. The van der Waals surface area contributed by atoms with E-state index in [4.69, 9.17) is 4.98 Å². The summed E-state index contributed by atoms with van der Waals surface area (Å²) in [7, 11) is 3.79. The number of aromatic nitrogens is 6. The Kier molecular flexibility index (Phi) is 4.11. The van der Waals surface area contributed by atoms with Crippen LogP contribution >= 0.6 is 0 Å². The summed E-state index contributed by atoms with van der Waals surface area (Å²) < 4.78 is 1.78. The van der Waals surface area contributed by atoms with E-state index in [2.05, 4.69) is 25.4 Å². The van der Waals surface area contributed by atoms with Gasteiger partial charge in [-0.25, -0.2) is 4.98 Å². The van der Waals surface area contributed by atoms with Crippen molar-refractivity contribution in [1.82, 2.24) is 30.2 Å². The van der Waals surface area contributed by atoms with Crippen LogP contribution < -0.4 is 15.4 Å². The molecule has 150 valence electrons.